The summed E-state index contributed by atoms with van der Waals surface area (Å²) < 4.78 is 7.17. The van der Waals surface area contributed by atoms with Crippen molar-refractivity contribution >= 4 is 12.0 Å². The molecule has 1 aromatic heterocycles. The maximum absolute atomic E-state index is 11.9. The largest absolute Gasteiger partial charge is 0.444 e. The van der Waals surface area contributed by atoms with Crippen LogP contribution < -0.4 is 10.6 Å². The average Bonchev–Trinajstić information content (AvgIpc) is 2.92. The van der Waals surface area contributed by atoms with Gasteiger partial charge in [0.25, 0.3) is 5.91 Å². The van der Waals surface area contributed by atoms with Gasteiger partial charge in [0.1, 0.15) is 11.8 Å². The molecular formula is C11H11N3O3. The first-order valence-electron chi connectivity index (χ1n) is 5.69. The minimum Gasteiger partial charge on any atom is -0.444 e. The molecule has 1 saturated carbocycles. The number of nitrogens with one attached hydrogen (secondary N) is 2. The number of hydrogen-bond donors (Lipinski definition) is 2. The molecular weight excluding hydrogens is 222 g/mol. The first-order chi connectivity index (χ1) is 8.24. The van der Waals surface area contributed by atoms with E-state index in [4.69, 9.17) is 4.74 Å². The highest BCUT2D eigenvalue weighted by Crippen LogP contribution is 2.38. The summed E-state index contributed by atoms with van der Waals surface area (Å²) in [5.41, 5.74) is 0.678. The number of ether oxygens (including phenoxy) is 1. The Hall–Kier alpha value is -1.98. The first kappa shape index (κ1) is 9.09. The molecule has 6 nitrogen and oxygen atoms in total. The van der Waals surface area contributed by atoms with Crippen molar-refractivity contribution in [2.45, 2.75) is 30.7 Å². The van der Waals surface area contributed by atoms with E-state index in [0.717, 1.165) is 6.42 Å². The van der Waals surface area contributed by atoms with Crippen molar-refractivity contribution < 1.29 is 14.3 Å². The molecule has 0 spiro atoms. The standard InChI is InChI=1S/C11H11N3O3/c15-10-5-2-1-3-14(5)6-4-7-9(8(6)12-10)13-11(16)17-7/h1-3,6-9H,4H2,(H,12,15)(H,13,16)/t6-,7-,8-,9-/m1/s1. The van der Waals surface area contributed by atoms with E-state index in [-0.39, 0.29) is 36.2 Å². The van der Waals surface area contributed by atoms with Crippen molar-refractivity contribution in [3.05, 3.63) is 24.0 Å². The molecule has 17 heavy (non-hydrogen) atoms. The minimum atomic E-state index is -0.383. The second-order valence-corrected chi connectivity index (χ2v) is 4.72. The van der Waals surface area contributed by atoms with Crippen molar-refractivity contribution in [1.82, 2.24) is 15.2 Å². The Balaban J connectivity index is 1.76. The van der Waals surface area contributed by atoms with Gasteiger partial charge in [0.2, 0.25) is 0 Å². The Labute approximate surface area is 96.9 Å². The number of hydrogen-bond acceptors (Lipinski definition) is 3. The van der Waals surface area contributed by atoms with Gasteiger partial charge in [-0.05, 0) is 12.1 Å². The molecule has 6 heteroatoms. The lowest BCUT2D eigenvalue weighted by molar-refractivity contribution is 0.0881. The lowest BCUT2D eigenvalue weighted by Crippen LogP contribution is -2.53. The van der Waals surface area contributed by atoms with Crippen molar-refractivity contribution in [3.63, 3.8) is 0 Å². The Morgan fingerprint density at radius 3 is 3.06 bits per heavy atom. The van der Waals surface area contributed by atoms with Gasteiger partial charge in [0.15, 0.2) is 0 Å². The maximum atomic E-state index is 11.9. The van der Waals surface area contributed by atoms with Gasteiger partial charge in [-0.1, -0.05) is 0 Å². The predicted molar refractivity (Wildman–Crippen MR) is 56.5 cm³/mol. The fraction of sp³-hybridized carbons (Fsp3) is 0.455. The summed E-state index contributed by atoms with van der Waals surface area (Å²) in [4.78, 5) is 23.0. The number of alkyl carbamates (subject to hydrolysis) is 1. The molecule has 2 aliphatic heterocycles. The summed E-state index contributed by atoms with van der Waals surface area (Å²) in [6.07, 6.45) is 2.14. The highest BCUT2D eigenvalue weighted by molar-refractivity contribution is 5.94. The zero-order valence-corrected chi connectivity index (χ0v) is 8.92. The summed E-state index contributed by atoms with van der Waals surface area (Å²) in [5.74, 6) is -0.0851. The van der Waals surface area contributed by atoms with Crippen LogP contribution in [0.3, 0.4) is 0 Å². The summed E-state index contributed by atoms with van der Waals surface area (Å²) in [5, 5.41) is 5.73. The first-order valence-corrected chi connectivity index (χ1v) is 5.69. The molecule has 2 N–H and O–H groups in total. The second-order valence-electron chi connectivity index (χ2n) is 4.72. The van der Waals surface area contributed by atoms with Crippen LogP contribution in [-0.4, -0.2) is 34.8 Å². The number of carbonyl (C=O) groups is 2. The van der Waals surface area contributed by atoms with Crippen molar-refractivity contribution in [3.8, 4) is 0 Å². The molecule has 0 unspecified atom stereocenters. The van der Waals surface area contributed by atoms with Gasteiger partial charge < -0.3 is 19.9 Å². The zero-order chi connectivity index (χ0) is 11.6. The molecule has 2 amide bonds. The summed E-state index contributed by atoms with van der Waals surface area (Å²) in [7, 11) is 0. The Morgan fingerprint density at radius 1 is 1.29 bits per heavy atom. The average molecular weight is 233 g/mol. The van der Waals surface area contributed by atoms with Crippen LogP contribution in [0.4, 0.5) is 4.79 Å². The van der Waals surface area contributed by atoms with Crippen LogP contribution in [0.1, 0.15) is 23.0 Å². The third kappa shape index (κ3) is 1.05. The molecule has 2 fully saturated rings. The van der Waals surface area contributed by atoms with Crippen molar-refractivity contribution in [1.29, 1.82) is 0 Å². The maximum Gasteiger partial charge on any atom is 0.407 e. The lowest BCUT2D eigenvalue weighted by Gasteiger charge is -2.31. The van der Waals surface area contributed by atoms with E-state index in [9.17, 15) is 9.59 Å². The smallest absolute Gasteiger partial charge is 0.407 e. The van der Waals surface area contributed by atoms with Gasteiger partial charge in [0.05, 0.1) is 18.1 Å². The van der Waals surface area contributed by atoms with Crippen LogP contribution in [0.25, 0.3) is 0 Å². The Bertz CT molecular complexity index is 524. The molecule has 3 aliphatic rings. The Kier molecular flexibility index (Phi) is 1.51. The summed E-state index contributed by atoms with van der Waals surface area (Å²) in [6.45, 7) is 0. The molecule has 0 radical (unpaired) electrons. The molecule has 1 aromatic rings. The van der Waals surface area contributed by atoms with E-state index in [2.05, 4.69) is 10.6 Å². The predicted octanol–water partition coefficient (Wildman–Crippen LogP) is 0.0219. The van der Waals surface area contributed by atoms with Gasteiger partial charge in [0, 0.05) is 12.6 Å². The highest BCUT2D eigenvalue weighted by atomic mass is 16.6. The van der Waals surface area contributed by atoms with Crippen molar-refractivity contribution in [2.75, 3.05) is 0 Å². The fourth-order valence-corrected chi connectivity index (χ4v) is 3.19. The number of nitrogens with zero attached hydrogens (tertiary/aromatic N) is 1. The Morgan fingerprint density at radius 2 is 2.18 bits per heavy atom. The molecule has 1 aliphatic carbocycles. The van der Waals surface area contributed by atoms with Crippen LogP contribution in [0.5, 0.6) is 0 Å². The number of amides is 2. The molecule has 0 aromatic carbocycles. The number of carbonyl (C=O) groups excluding carboxylic acids is 2. The summed E-state index contributed by atoms with van der Waals surface area (Å²) >= 11 is 0. The van der Waals surface area contributed by atoms with E-state index in [1.54, 1.807) is 6.07 Å². The lowest BCUT2D eigenvalue weighted by atomic mass is 10.1. The van der Waals surface area contributed by atoms with Crippen LogP contribution in [0.2, 0.25) is 0 Å². The molecule has 3 heterocycles. The number of rotatable bonds is 0. The van der Waals surface area contributed by atoms with Gasteiger partial charge in [-0.2, -0.15) is 0 Å². The van der Waals surface area contributed by atoms with E-state index in [0.29, 0.717) is 5.69 Å². The monoisotopic (exact) mass is 233 g/mol. The highest BCUT2D eigenvalue weighted by Gasteiger charge is 2.53. The zero-order valence-electron chi connectivity index (χ0n) is 8.92. The van der Waals surface area contributed by atoms with Crippen LogP contribution in [-0.2, 0) is 4.74 Å². The van der Waals surface area contributed by atoms with Gasteiger partial charge in [-0.25, -0.2) is 4.79 Å². The molecule has 0 bridgehead atoms. The third-order valence-electron chi connectivity index (χ3n) is 3.89. The molecule has 88 valence electrons. The fourth-order valence-electron chi connectivity index (χ4n) is 3.19. The minimum absolute atomic E-state index is 0.0705. The normalized spacial score (nSPS) is 37.6. The second kappa shape index (κ2) is 2.82. The van der Waals surface area contributed by atoms with Crippen LogP contribution in [0, 0.1) is 0 Å². The third-order valence-corrected chi connectivity index (χ3v) is 3.89. The van der Waals surface area contributed by atoms with E-state index < -0.39 is 0 Å². The summed E-state index contributed by atoms with van der Waals surface area (Å²) in [6, 6.07) is 3.67. The van der Waals surface area contributed by atoms with Gasteiger partial charge in [-0.15, -0.1) is 0 Å². The topological polar surface area (TPSA) is 72.4 Å². The molecule has 1 saturated heterocycles. The van der Waals surface area contributed by atoms with Gasteiger partial charge in [-0.3, -0.25) is 4.79 Å². The number of fused-ring (bicyclic) bond motifs is 5. The van der Waals surface area contributed by atoms with Crippen LogP contribution in [0.15, 0.2) is 18.3 Å². The SMILES string of the molecule is O=C1N[C@H]2[C@@H]3NC(=O)c4cccn4[C@@H]3C[C@H]2O1. The number of aromatic nitrogens is 1. The molecule has 4 atom stereocenters. The molecule has 4 rings (SSSR count). The van der Waals surface area contributed by atoms with Gasteiger partial charge >= 0.3 is 6.09 Å². The van der Waals surface area contributed by atoms with E-state index >= 15 is 0 Å². The quantitative estimate of drug-likeness (QED) is 0.663. The van der Waals surface area contributed by atoms with Crippen LogP contribution >= 0.6 is 0 Å². The van der Waals surface area contributed by atoms with Crippen molar-refractivity contribution in [2.24, 2.45) is 0 Å². The van der Waals surface area contributed by atoms with E-state index in [1.807, 2.05) is 16.8 Å². The van der Waals surface area contributed by atoms with E-state index in [1.165, 1.54) is 0 Å².